The molecule has 3 rings (SSSR count). The number of likely N-dealkylation sites (tertiary alicyclic amines) is 1. The van der Waals surface area contributed by atoms with Gasteiger partial charge in [-0.1, -0.05) is 48.0 Å². The third-order valence-electron chi connectivity index (χ3n) is 5.41. The van der Waals surface area contributed by atoms with E-state index in [0.29, 0.717) is 0 Å². The Morgan fingerprint density at radius 1 is 1.19 bits per heavy atom. The fourth-order valence-corrected chi connectivity index (χ4v) is 3.86. The summed E-state index contributed by atoms with van der Waals surface area (Å²) in [7, 11) is 1.66. The number of methoxy groups -OCH3 is 1. The van der Waals surface area contributed by atoms with Gasteiger partial charge in [0.15, 0.2) is 0 Å². The molecule has 4 nitrogen and oxygen atoms in total. The summed E-state index contributed by atoms with van der Waals surface area (Å²) in [6.45, 7) is 7.05. The molecule has 4 heteroatoms. The van der Waals surface area contributed by atoms with Crippen molar-refractivity contribution < 1.29 is 9.53 Å². The normalized spacial score (nSPS) is 16.7. The van der Waals surface area contributed by atoms with Crippen molar-refractivity contribution in [2.24, 2.45) is 5.92 Å². The van der Waals surface area contributed by atoms with Crippen LogP contribution in [-0.4, -0.2) is 31.0 Å². The first-order valence-corrected chi connectivity index (χ1v) is 9.78. The second kappa shape index (κ2) is 9.05. The number of carbonyl (C=O) groups is 1. The summed E-state index contributed by atoms with van der Waals surface area (Å²) in [5, 5.41) is 3.18. The van der Waals surface area contributed by atoms with E-state index in [9.17, 15) is 4.79 Å². The molecule has 1 aliphatic rings. The van der Waals surface area contributed by atoms with Gasteiger partial charge in [0.1, 0.15) is 5.75 Å². The van der Waals surface area contributed by atoms with Gasteiger partial charge in [-0.05, 0) is 51.4 Å². The number of hydrogen-bond donors (Lipinski definition) is 1. The molecule has 0 saturated carbocycles. The Hall–Kier alpha value is -2.33. The minimum Gasteiger partial charge on any atom is -0.496 e. The second-order valence-electron chi connectivity index (χ2n) is 7.51. The van der Waals surface area contributed by atoms with Crippen molar-refractivity contribution in [1.82, 2.24) is 10.2 Å². The van der Waals surface area contributed by atoms with Gasteiger partial charge in [0.2, 0.25) is 5.91 Å². The predicted octanol–water partition coefficient (Wildman–Crippen LogP) is 4.09. The number of nitrogens with zero attached hydrogens (tertiary/aromatic N) is 1. The third-order valence-corrected chi connectivity index (χ3v) is 5.41. The van der Waals surface area contributed by atoms with E-state index in [4.69, 9.17) is 4.74 Å². The lowest BCUT2D eigenvalue weighted by Crippen LogP contribution is -2.40. The van der Waals surface area contributed by atoms with Gasteiger partial charge in [0.25, 0.3) is 0 Å². The Balaban J connectivity index is 1.51. The average Bonchev–Trinajstić information content (AvgIpc) is 2.68. The SMILES string of the molecule is COc1ccccc1[C@H](C)NC(=O)C1CCN(Cc2cccc(C)c2)CC1. The van der Waals surface area contributed by atoms with Crippen LogP contribution < -0.4 is 10.1 Å². The van der Waals surface area contributed by atoms with E-state index < -0.39 is 0 Å². The Kier molecular flexibility index (Phi) is 6.51. The quantitative estimate of drug-likeness (QED) is 0.837. The summed E-state index contributed by atoms with van der Waals surface area (Å²) in [5.74, 6) is 1.07. The fourth-order valence-electron chi connectivity index (χ4n) is 3.86. The first-order chi connectivity index (χ1) is 13.1. The molecule has 1 fully saturated rings. The molecule has 1 N–H and O–H groups in total. The predicted molar refractivity (Wildman–Crippen MR) is 109 cm³/mol. The molecular formula is C23H30N2O2. The van der Waals surface area contributed by atoms with Gasteiger partial charge in [-0.3, -0.25) is 9.69 Å². The summed E-state index contributed by atoms with van der Waals surface area (Å²) in [6, 6.07) is 16.5. The highest BCUT2D eigenvalue weighted by Crippen LogP contribution is 2.26. The molecule has 0 aliphatic carbocycles. The molecule has 1 aliphatic heterocycles. The van der Waals surface area contributed by atoms with Gasteiger partial charge >= 0.3 is 0 Å². The second-order valence-corrected chi connectivity index (χ2v) is 7.51. The number of ether oxygens (including phenoxy) is 1. The van der Waals surface area contributed by atoms with Gasteiger partial charge in [0.05, 0.1) is 13.2 Å². The van der Waals surface area contributed by atoms with Crippen LogP contribution in [0.1, 0.15) is 42.5 Å². The zero-order chi connectivity index (χ0) is 19.2. The van der Waals surface area contributed by atoms with Gasteiger partial charge in [-0.25, -0.2) is 0 Å². The first kappa shape index (κ1) is 19.4. The van der Waals surface area contributed by atoms with Crippen molar-refractivity contribution in [1.29, 1.82) is 0 Å². The molecule has 27 heavy (non-hydrogen) atoms. The molecule has 0 bridgehead atoms. The molecule has 1 amide bonds. The van der Waals surface area contributed by atoms with Gasteiger partial charge in [-0.15, -0.1) is 0 Å². The van der Waals surface area contributed by atoms with Crippen molar-refractivity contribution in [3.63, 3.8) is 0 Å². The van der Waals surface area contributed by atoms with Crippen molar-refractivity contribution >= 4 is 5.91 Å². The Bertz CT molecular complexity index is 766. The molecule has 1 atom stereocenters. The highest BCUT2D eigenvalue weighted by atomic mass is 16.5. The Morgan fingerprint density at radius 3 is 2.63 bits per heavy atom. The van der Waals surface area contributed by atoms with E-state index >= 15 is 0 Å². The summed E-state index contributed by atoms with van der Waals surface area (Å²) < 4.78 is 5.41. The number of amides is 1. The van der Waals surface area contributed by atoms with Crippen LogP contribution in [0.25, 0.3) is 0 Å². The largest absolute Gasteiger partial charge is 0.496 e. The lowest BCUT2D eigenvalue weighted by atomic mass is 9.94. The molecule has 2 aromatic carbocycles. The standard InChI is InChI=1S/C23H30N2O2/c1-17-7-6-8-19(15-17)16-25-13-11-20(12-14-25)23(26)24-18(2)21-9-4-5-10-22(21)27-3/h4-10,15,18,20H,11-14,16H2,1-3H3,(H,24,26)/t18-/m0/s1. The smallest absolute Gasteiger partial charge is 0.223 e. The number of benzene rings is 2. The number of carbonyl (C=O) groups excluding carboxylic acids is 1. The topological polar surface area (TPSA) is 41.6 Å². The van der Waals surface area contributed by atoms with E-state index in [0.717, 1.165) is 43.8 Å². The van der Waals surface area contributed by atoms with Gasteiger partial charge in [-0.2, -0.15) is 0 Å². The van der Waals surface area contributed by atoms with Crippen molar-refractivity contribution in [3.05, 3.63) is 65.2 Å². The maximum atomic E-state index is 12.7. The number of rotatable bonds is 6. The van der Waals surface area contributed by atoms with E-state index in [2.05, 4.69) is 41.4 Å². The van der Waals surface area contributed by atoms with Crippen LogP contribution in [0.3, 0.4) is 0 Å². The minimum absolute atomic E-state index is 0.0565. The van der Waals surface area contributed by atoms with Crippen molar-refractivity contribution in [2.75, 3.05) is 20.2 Å². The van der Waals surface area contributed by atoms with E-state index in [1.807, 2.05) is 31.2 Å². The summed E-state index contributed by atoms with van der Waals surface area (Å²) in [5.41, 5.74) is 3.67. The Labute approximate surface area is 162 Å². The zero-order valence-electron chi connectivity index (χ0n) is 16.6. The number of aryl methyl sites for hydroxylation is 1. The van der Waals surface area contributed by atoms with E-state index in [1.54, 1.807) is 7.11 Å². The lowest BCUT2D eigenvalue weighted by Gasteiger charge is -2.32. The van der Waals surface area contributed by atoms with E-state index in [-0.39, 0.29) is 17.9 Å². The zero-order valence-corrected chi connectivity index (χ0v) is 16.6. The number of nitrogens with one attached hydrogen (secondary N) is 1. The van der Waals surface area contributed by atoms with Crippen LogP contribution in [0.5, 0.6) is 5.75 Å². The fraction of sp³-hybridized carbons (Fsp3) is 0.435. The summed E-state index contributed by atoms with van der Waals surface area (Å²) in [4.78, 5) is 15.2. The first-order valence-electron chi connectivity index (χ1n) is 9.78. The Morgan fingerprint density at radius 2 is 1.93 bits per heavy atom. The monoisotopic (exact) mass is 366 g/mol. The number of piperidine rings is 1. The summed E-state index contributed by atoms with van der Waals surface area (Å²) >= 11 is 0. The molecule has 1 saturated heterocycles. The van der Waals surface area contributed by atoms with E-state index in [1.165, 1.54) is 11.1 Å². The molecule has 2 aromatic rings. The van der Waals surface area contributed by atoms with Gasteiger partial charge in [0, 0.05) is 18.0 Å². The number of para-hydroxylation sites is 1. The molecule has 0 spiro atoms. The van der Waals surface area contributed by atoms with Crippen LogP contribution in [0, 0.1) is 12.8 Å². The molecule has 0 aromatic heterocycles. The van der Waals surface area contributed by atoms with Crippen LogP contribution in [0.4, 0.5) is 0 Å². The lowest BCUT2D eigenvalue weighted by molar-refractivity contribution is -0.127. The van der Waals surface area contributed by atoms with Gasteiger partial charge < -0.3 is 10.1 Å². The molecule has 144 valence electrons. The van der Waals surface area contributed by atoms with Crippen molar-refractivity contribution in [2.45, 2.75) is 39.3 Å². The maximum Gasteiger partial charge on any atom is 0.223 e. The third kappa shape index (κ3) is 5.10. The van der Waals surface area contributed by atoms with Crippen LogP contribution >= 0.6 is 0 Å². The summed E-state index contributed by atoms with van der Waals surface area (Å²) in [6.07, 6.45) is 1.83. The van der Waals surface area contributed by atoms with Crippen LogP contribution in [0.15, 0.2) is 48.5 Å². The highest BCUT2D eigenvalue weighted by molar-refractivity contribution is 5.79. The number of hydrogen-bond acceptors (Lipinski definition) is 3. The molecular weight excluding hydrogens is 336 g/mol. The highest BCUT2D eigenvalue weighted by Gasteiger charge is 2.26. The van der Waals surface area contributed by atoms with Crippen LogP contribution in [-0.2, 0) is 11.3 Å². The maximum absolute atomic E-state index is 12.7. The van der Waals surface area contributed by atoms with Crippen LogP contribution in [0.2, 0.25) is 0 Å². The molecule has 0 unspecified atom stereocenters. The average molecular weight is 367 g/mol. The molecule has 1 heterocycles. The molecule has 0 radical (unpaired) electrons. The minimum atomic E-state index is -0.0565. The van der Waals surface area contributed by atoms with Crippen molar-refractivity contribution in [3.8, 4) is 5.75 Å².